The topological polar surface area (TPSA) is 55.1 Å². The van der Waals surface area contributed by atoms with Gasteiger partial charge in [0.1, 0.15) is 17.6 Å². The maximum absolute atomic E-state index is 10.9. The van der Waals surface area contributed by atoms with E-state index < -0.39 is 0 Å². The van der Waals surface area contributed by atoms with Crippen LogP contribution in [0, 0.1) is 0 Å². The van der Waals surface area contributed by atoms with E-state index in [0.717, 1.165) is 5.56 Å². The van der Waals surface area contributed by atoms with Crippen LogP contribution < -0.4 is 5.32 Å². The summed E-state index contributed by atoms with van der Waals surface area (Å²) in [5, 5.41) is 6.51. The molecule has 0 fully saturated rings. The molecular weight excluding hydrogens is 192 g/mol. The van der Waals surface area contributed by atoms with E-state index in [-0.39, 0.29) is 5.91 Å². The summed E-state index contributed by atoms with van der Waals surface area (Å²) in [6, 6.07) is 9.54. The second-order valence-electron chi connectivity index (χ2n) is 3.12. The van der Waals surface area contributed by atoms with Gasteiger partial charge in [0.25, 0.3) is 0 Å². The first-order valence-corrected chi connectivity index (χ1v) is 4.55. The van der Waals surface area contributed by atoms with Gasteiger partial charge in [-0.05, 0) is 0 Å². The number of nitrogens with zero attached hydrogens (tertiary/aromatic N) is 1. The molecule has 0 radical (unpaired) electrons. The SMILES string of the molecule is CC(=O)Nc1conc1-c1ccccc1. The Bertz CT molecular complexity index is 462. The summed E-state index contributed by atoms with van der Waals surface area (Å²) in [6.45, 7) is 1.45. The lowest BCUT2D eigenvalue weighted by molar-refractivity contribution is -0.114. The summed E-state index contributed by atoms with van der Waals surface area (Å²) < 4.78 is 4.84. The molecule has 15 heavy (non-hydrogen) atoms. The first-order valence-electron chi connectivity index (χ1n) is 4.55. The molecule has 4 heteroatoms. The molecule has 0 bridgehead atoms. The Morgan fingerprint density at radius 3 is 2.73 bits per heavy atom. The summed E-state index contributed by atoms with van der Waals surface area (Å²) >= 11 is 0. The average Bonchev–Trinajstić information content (AvgIpc) is 2.66. The molecule has 1 N–H and O–H groups in total. The Hall–Kier alpha value is -2.10. The van der Waals surface area contributed by atoms with Crippen LogP contribution >= 0.6 is 0 Å². The summed E-state index contributed by atoms with van der Waals surface area (Å²) in [6.07, 6.45) is 1.42. The number of aromatic nitrogens is 1. The van der Waals surface area contributed by atoms with Gasteiger partial charge < -0.3 is 9.84 Å². The number of carbonyl (C=O) groups excluding carboxylic acids is 1. The van der Waals surface area contributed by atoms with Crippen molar-refractivity contribution in [1.29, 1.82) is 0 Å². The molecule has 1 aromatic heterocycles. The predicted molar refractivity (Wildman–Crippen MR) is 56.2 cm³/mol. The lowest BCUT2D eigenvalue weighted by atomic mass is 10.1. The molecule has 0 spiro atoms. The third kappa shape index (κ3) is 2.04. The molecule has 2 aromatic rings. The number of hydrogen-bond donors (Lipinski definition) is 1. The Labute approximate surface area is 86.9 Å². The lowest BCUT2D eigenvalue weighted by Crippen LogP contribution is -2.05. The normalized spacial score (nSPS) is 9.93. The van der Waals surface area contributed by atoms with Crippen LogP contribution in [0.25, 0.3) is 11.3 Å². The molecule has 1 aromatic carbocycles. The van der Waals surface area contributed by atoms with Gasteiger partial charge in [0, 0.05) is 12.5 Å². The zero-order valence-electron chi connectivity index (χ0n) is 8.23. The molecule has 0 aliphatic carbocycles. The van der Waals surface area contributed by atoms with E-state index in [9.17, 15) is 4.79 Å². The van der Waals surface area contributed by atoms with Gasteiger partial charge in [-0.2, -0.15) is 0 Å². The van der Waals surface area contributed by atoms with E-state index >= 15 is 0 Å². The monoisotopic (exact) mass is 202 g/mol. The minimum absolute atomic E-state index is 0.143. The molecule has 1 amide bonds. The third-order valence-corrected chi connectivity index (χ3v) is 1.93. The highest BCUT2D eigenvalue weighted by Gasteiger charge is 2.10. The molecule has 0 aliphatic heterocycles. The number of benzene rings is 1. The lowest BCUT2D eigenvalue weighted by Gasteiger charge is -2.00. The summed E-state index contributed by atoms with van der Waals surface area (Å²) in [4.78, 5) is 10.9. The van der Waals surface area contributed by atoms with Crippen LogP contribution in [-0.2, 0) is 4.79 Å². The minimum Gasteiger partial charge on any atom is -0.362 e. The van der Waals surface area contributed by atoms with Gasteiger partial charge in [-0.1, -0.05) is 35.5 Å². The van der Waals surface area contributed by atoms with E-state index in [2.05, 4.69) is 10.5 Å². The zero-order chi connectivity index (χ0) is 10.7. The van der Waals surface area contributed by atoms with Crippen LogP contribution in [0.3, 0.4) is 0 Å². The van der Waals surface area contributed by atoms with Crippen LogP contribution in [0.4, 0.5) is 5.69 Å². The quantitative estimate of drug-likeness (QED) is 0.812. The molecule has 0 saturated carbocycles. The van der Waals surface area contributed by atoms with Crippen molar-refractivity contribution in [1.82, 2.24) is 5.16 Å². The molecule has 76 valence electrons. The van der Waals surface area contributed by atoms with E-state index in [1.54, 1.807) is 0 Å². The molecule has 0 saturated heterocycles. The van der Waals surface area contributed by atoms with Gasteiger partial charge in [0.2, 0.25) is 5.91 Å². The maximum Gasteiger partial charge on any atom is 0.221 e. The number of carbonyl (C=O) groups is 1. The summed E-state index contributed by atoms with van der Waals surface area (Å²) in [7, 11) is 0. The van der Waals surface area contributed by atoms with Crippen molar-refractivity contribution in [2.75, 3.05) is 5.32 Å². The number of amides is 1. The van der Waals surface area contributed by atoms with Crippen molar-refractivity contribution in [2.24, 2.45) is 0 Å². The Morgan fingerprint density at radius 1 is 1.33 bits per heavy atom. The molecule has 2 rings (SSSR count). The van der Waals surface area contributed by atoms with Gasteiger partial charge in [-0.15, -0.1) is 0 Å². The molecule has 0 aliphatic rings. The van der Waals surface area contributed by atoms with Crippen LogP contribution in [0.5, 0.6) is 0 Å². The molecular formula is C11H10N2O2. The fourth-order valence-corrected chi connectivity index (χ4v) is 1.32. The fraction of sp³-hybridized carbons (Fsp3) is 0.0909. The summed E-state index contributed by atoms with van der Waals surface area (Å²) in [5.41, 5.74) is 2.15. The highest BCUT2D eigenvalue weighted by Crippen LogP contribution is 2.25. The Kier molecular flexibility index (Phi) is 2.49. The zero-order valence-corrected chi connectivity index (χ0v) is 8.23. The van der Waals surface area contributed by atoms with Crippen molar-refractivity contribution in [3.05, 3.63) is 36.6 Å². The van der Waals surface area contributed by atoms with Gasteiger partial charge in [-0.3, -0.25) is 4.79 Å². The van der Waals surface area contributed by atoms with Crippen molar-refractivity contribution < 1.29 is 9.32 Å². The highest BCUT2D eigenvalue weighted by molar-refractivity contribution is 5.92. The van der Waals surface area contributed by atoms with Crippen molar-refractivity contribution in [3.63, 3.8) is 0 Å². The number of rotatable bonds is 2. The minimum atomic E-state index is -0.143. The maximum atomic E-state index is 10.9. The van der Waals surface area contributed by atoms with Crippen LogP contribution in [0.2, 0.25) is 0 Å². The van der Waals surface area contributed by atoms with E-state index in [4.69, 9.17) is 4.52 Å². The van der Waals surface area contributed by atoms with Crippen LogP contribution in [0.15, 0.2) is 41.1 Å². The first kappa shape index (κ1) is 9.45. The van der Waals surface area contributed by atoms with E-state index in [1.807, 2.05) is 30.3 Å². The number of nitrogens with one attached hydrogen (secondary N) is 1. The number of anilines is 1. The van der Waals surface area contributed by atoms with Crippen molar-refractivity contribution >= 4 is 11.6 Å². The van der Waals surface area contributed by atoms with E-state index in [1.165, 1.54) is 13.2 Å². The molecule has 0 unspecified atom stereocenters. The second-order valence-corrected chi connectivity index (χ2v) is 3.12. The largest absolute Gasteiger partial charge is 0.362 e. The Morgan fingerprint density at radius 2 is 2.07 bits per heavy atom. The Balaban J connectivity index is 2.37. The van der Waals surface area contributed by atoms with Crippen molar-refractivity contribution in [3.8, 4) is 11.3 Å². The van der Waals surface area contributed by atoms with Gasteiger partial charge in [0.05, 0.1) is 0 Å². The molecule has 1 heterocycles. The third-order valence-electron chi connectivity index (χ3n) is 1.93. The standard InChI is InChI=1S/C11H10N2O2/c1-8(14)12-10-7-15-13-11(10)9-5-3-2-4-6-9/h2-7H,1H3,(H,12,14). The van der Waals surface area contributed by atoms with E-state index in [0.29, 0.717) is 11.4 Å². The van der Waals surface area contributed by atoms with Crippen LogP contribution in [-0.4, -0.2) is 11.1 Å². The second kappa shape index (κ2) is 3.96. The smallest absolute Gasteiger partial charge is 0.221 e. The highest BCUT2D eigenvalue weighted by atomic mass is 16.5. The molecule has 4 nitrogen and oxygen atoms in total. The summed E-state index contributed by atoms with van der Waals surface area (Å²) in [5.74, 6) is -0.143. The predicted octanol–water partition coefficient (Wildman–Crippen LogP) is 2.30. The van der Waals surface area contributed by atoms with Crippen LogP contribution in [0.1, 0.15) is 6.92 Å². The average molecular weight is 202 g/mol. The van der Waals surface area contributed by atoms with Crippen molar-refractivity contribution in [2.45, 2.75) is 6.92 Å². The van der Waals surface area contributed by atoms with Gasteiger partial charge in [0.15, 0.2) is 0 Å². The van der Waals surface area contributed by atoms with Gasteiger partial charge >= 0.3 is 0 Å². The fourth-order valence-electron chi connectivity index (χ4n) is 1.32. The van der Waals surface area contributed by atoms with Gasteiger partial charge in [-0.25, -0.2) is 0 Å². The first-order chi connectivity index (χ1) is 7.27. The molecule has 0 atom stereocenters. The number of hydrogen-bond acceptors (Lipinski definition) is 3.